The molecule has 2 fully saturated rings. The van der Waals surface area contributed by atoms with Gasteiger partial charge in [-0.2, -0.15) is 0 Å². The van der Waals surface area contributed by atoms with Crippen molar-refractivity contribution in [2.75, 3.05) is 50.1 Å². The van der Waals surface area contributed by atoms with Gasteiger partial charge in [0.25, 0.3) is 5.91 Å². The lowest BCUT2D eigenvalue weighted by Crippen LogP contribution is -2.51. The van der Waals surface area contributed by atoms with E-state index in [0.29, 0.717) is 37.9 Å². The molecule has 4 aromatic heterocycles. The molecule has 2 aliphatic heterocycles. The first-order valence-corrected chi connectivity index (χ1v) is 14.0. The molecule has 0 aliphatic carbocycles. The first-order valence-electron chi connectivity index (χ1n) is 13.2. The number of pyridine rings is 2. The minimum Gasteiger partial charge on any atom is -0.386 e. The van der Waals surface area contributed by atoms with Crippen molar-refractivity contribution in [2.45, 2.75) is 29.0 Å². The van der Waals surface area contributed by atoms with Crippen LogP contribution in [0.25, 0.3) is 33.0 Å². The molecular weight excluding hydrogens is 512 g/mol. The zero-order valence-electron chi connectivity index (χ0n) is 21.6. The molecule has 0 saturated carbocycles. The van der Waals surface area contributed by atoms with Crippen LogP contribution in [0.5, 0.6) is 0 Å². The molecule has 1 amide bonds. The van der Waals surface area contributed by atoms with Gasteiger partial charge in [0.15, 0.2) is 5.16 Å². The molecule has 1 atom stereocenters. The van der Waals surface area contributed by atoms with Crippen molar-refractivity contribution in [3.63, 3.8) is 0 Å². The number of aromatic amines is 1. The minimum absolute atomic E-state index is 0.111. The largest absolute Gasteiger partial charge is 0.386 e. The van der Waals surface area contributed by atoms with Crippen molar-refractivity contribution in [3.05, 3.63) is 48.8 Å². The lowest BCUT2D eigenvalue weighted by molar-refractivity contribution is -0.141. The molecule has 6 heterocycles. The molecule has 1 aromatic carbocycles. The fraction of sp³-hybridized carbons (Fsp3) is 0.321. The smallest absolute Gasteiger partial charge is 0.251 e. The average Bonchev–Trinajstić information content (AvgIpc) is 3.65. The molecule has 2 N–H and O–H groups in total. The van der Waals surface area contributed by atoms with E-state index in [1.165, 1.54) is 11.8 Å². The van der Waals surface area contributed by atoms with E-state index in [1.54, 1.807) is 6.20 Å². The number of aromatic nitrogens is 5. The highest BCUT2D eigenvalue weighted by Crippen LogP contribution is 2.37. The number of nitrogens with zero attached hydrogens (tertiary/aromatic N) is 6. The number of hydrogen-bond acceptors (Lipinski definition) is 9. The Hall–Kier alpha value is -3.96. The van der Waals surface area contributed by atoms with Gasteiger partial charge in [0.1, 0.15) is 17.6 Å². The maximum atomic E-state index is 12.9. The predicted molar refractivity (Wildman–Crippen MR) is 152 cm³/mol. The third-order valence-electron chi connectivity index (χ3n) is 7.45. The van der Waals surface area contributed by atoms with E-state index in [1.807, 2.05) is 48.5 Å². The second kappa shape index (κ2) is 9.97. The van der Waals surface area contributed by atoms with Crippen LogP contribution in [0.1, 0.15) is 12.8 Å². The van der Waals surface area contributed by atoms with Gasteiger partial charge in [0, 0.05) is 62.5 Å². The van der Waals surface area contributed by atoms with E-state index in [4.69, 9.17) is 14.7 Å². The van der Waals surface area contributed by atoms with Crippen LogP contribution in [0.3, 0.4) is 0 Å². The van der Waals surface area contributed by atoms with Gasteiger partial charge in [-0.15, -0.1) is 0 Å². The van der Waals surface area contributed by atoms with Gasteiger partial charge in [-0.1, -0.05) is 12.1 Å². The number of ether oxygens (including phenoxy) is 1. The third-order valence-corrected chi connectivity index (χ3v) is 8.27. The first-order chi connectivity index (χ1) is 19.2. The molecule has 0 radical (unpaired) electrons. The van der Waals surface area contributed by atoms with Crippen molar-refractivity contribution in [1.29, 1.82) is 0 Å². The highest BCUT2D eigenvalue weighted by atomic mass is 32.2. The van der Waals surface area contributed by atoms with Gasteiger partial charge < -0.3 is 24.8 Å². The van der Waals surface area contributed by atoms with Crippen LogP contribution in [0.2, 0.25) is 0 Å². The zero-order valence-corrected chi connectivity index (χ0v) is 22.4. The minimum atomic E-state index is -0.288. The molecular formula is C28H28N8O2S. The Morgan fingerprint density at radius 3 is 2.82 bits per heavy atom. The van der Waals surface area contributed by atoms with Crippen LogP contribution < -0.4 is 10.2 Å². The van der Waals surface area contributed by atoms with Crippen molar-refractivity contribution in [3.8, 4) is 0 Å². The van der Waals surface area contributed by atoms with E-state index in [0.717, 1.165) is 62.2 Å². The number of hydrogen-bond donors (Lipinski definition) is 2. The molecule has 10 nitrogen and oxygen atoms in total. The molecule has 2 saturated heterocycles. The number of amides is 1. The van der Waals surface area contributed by atoms with Crippen LogP contribution in [-0.4, -0.2) is 81.7 Å². The van der Waals surface area contributed by atoms with Gasteiger partial charge in [-0.25, -0.2) is 9.97 Å². The van der Waals surface area contributed by atoms with Crippen molar-refractivity contribution < 1.29 is 9.53 Å². The van der Waals surface area contributed by atoms with Gasteiger partial charge >= 0.3 is 0 Å². The second-order valence-electron chi connectivity index (χ2n) is 9.79. The average molecular weight is 541 g/mol. The molecule has 11 heteroatoms. The fourth-order valence-corrected chi connectivity index (χ4v) is 6.23. The van der Waals surface area contributed by atoms with Crippen LogP contribution in [0.4, 0.5) is 11.5 Å². The summed E-state index contributed by atoms with van der Waals surface area (Å²) in [6, 6.07) is 12.0. The topological polar surface area (TPSA) is 112 Å². The Morgan fingerprint density at radius 1 is 1.10 bits per heavy atom. The number of carbonyl (C=O) groups is 1. The maximum absolute atomic E-state index is 12.9. The molecule has 39 heavy (non-hydrogen) atoms. The zero-order chi connectivity index (χ0) is 26.3. The lowest BCUT2D eigenvalue weighted by atomic mass is 10.1. The molecule has 0 spiro atoms. The standard InChI is InChI=1S/C28H28N8O2S/c1-29-20-6-2-5-18-23-25(32-24(18)20)33-28(39-17-15-21-19(31-16-17)7-3-9-30-21)34-26(23)35-10-12-36(13-11-35)27(37)22-8-4-14-38-22/h2-3,5-7,9,15-16,22,29H,4,8,10-14H2,1H3,(H,32,33,34). The number of rotatable bonds is 5. The molecule has 0 bridgehead atoms. The molecule has 7 rings (SSSR count). The number of benzene rings is 1. The first kappa shape index (κ1) is 24.1. The van der Waals surface area contributed by atoms with Crippen LogP contribution >= 0.6 is 11.8 Å². The van der Waals surface area contributed by atoms with Gasteiger partial charge in [0.2, 0.25) is 0 Å². The number of anilines is 2. The second-order valence-corrected chi connectivity index (χ2v) is 10.8. The van der Waals surface area contributed by atoms with Gasteiger partial charge in [-0.05, 0) is 48.9 Å². The summed E-state index contributed by atoms with van der Waals surface area (Å²) in [5, 5.41) is 5.96. The Morgan fingerprint density at radius 2 is 2.00 bits per heavy atom. The van der Waals surface area contributed by atoms with Crippen molar-refractivity contribution in [1.82, 2.24) is 29.8 Å². The highest BCUT2D eigenvalue weighted by molar-refractivity contribution is 7.99. The highest BCUT2D eigenvalue weighted by Gasteiger charge is 2.31. The maximum Gasteiger partial charge on any atom is 0.251 e. The van der Waals surface area contributed by atoms with Gasteiger partial charge in [-0.3, -0.25) is 14.8 Å². The monoisotopic (exact) mass is 540 g/mol. The van der Waals surface area contributed by atoms with Crippen molar-refractivity contribution in [2.24, 2.45) is 0 Å². The number of piperazine rings is 1. The Bertz CT molecular complexity index is 1690. The Balaban J connectivity index is 1.26. The predicted octanol–water partition coefficient (Wildman–Crippen LogP) is 4.07. The van der Waals surface area contributed by atoms with E-state index in [-0.39, 0.29) is 12.0 Å². The number of carbonyl (C=O) groups excluding carboxylic acids is 1. The summed E-state index contributed by atoms with van der Waals surface area (Å²) in [4.78, 5) is 40.6. The van der Waals surface area contributed by atoms with Crippen LogP contribution in [0, 0.1) is 0 Å². The summed E-state index contributed by atoms with van der Waals surface area (Å²) >= 11 is 1.47. The van der Waals surface area contributed by atoms with Gasteiger partial charge in [0.05, 0.1) is 27.6 Å². The van der Waals surface area contributed by atoms with E-state index in [9.17, 15) is 4.79 Å². The SMILES string of the molecule is CNc1cccc2c1[nH]c1nc(Sc3cnc4cccnc4c3)nc(N3CCN(C(=O)C4CCCO4)CC3)c12. The summed E-state index contributed by atoms with van der Waals surface area (Å²) in [5.41, 5.74) is 4.47. The summed E-state index contributed by atoms with van der Waals surface area (Å²) in [5.74, 6) is 0.984. The quantitative estimate of drug-likeness (QED) is 0.319. The number of para-hydroxylation sites is 1. The van der Waals surface area contributed by atoms with E-state index in [2.05, 4.69) is 31.2 Å². The van der Waals surface area contributed by atoms with E-state index >= 15 is 0 Å². The molecule has 198 valence electrons. The number of H-pyrrole nitrogens is 1. The summed E-state index contributed by atoms with van der Waals surface area (Å²) in [6.45, 7) is 3.32. The summed E-state index contributed by atoms with van der Waals surface area (Å²) < 4.78 is 5.65. The number of nitrogens with one attached hydrogen (secondary N) is 2. The van der Waals surface area contributed by atoms with Crippen LogP contribution in [-0.2, 0) is 9.53 Å². The molecule has 2 aliphatic rings. The van der Waals surface area contributed by atoms with Crippen LogP contribution in [0.15, 0.2) is 58.8 Å². The normalized spacial score (nSPS) is 17.9. The summed E-state index contributed by atoms with van der Waals surface area (Å²) in [6.07, 6.45) is 5.08. The lowest BCUT2D eigenvalue weighted by Gasteiger charge is -2.36. The Kier molecular flexibility index (Phi) is 6.16. The summed E-state index contributed by atoms with van der Waals surface area (Å²) in [7, 11) is 1.92. The Labute approximate surface area is 229 Å². The fourth-order valence-electron chi connectivity index (χ4n) is 5.47. The number of fused-ring (bicyclic) bond motifs is 4. The molecule has 1 unspecified atom stereocenters. The third kappa shape index (κ3) is 4.41. The van der Waals surface area contributed by atoms with E-state index < -0.39 is 0 Å². The van der Waals surface area contributed by atoms with Crippen molar-refractivity contribution >= 4 is 62.1 Å². The molecule has 5 aromatic rings.